The van der Waals surface area contributed by atoms with Gasteiger partial charge in [-0.05, 0) is 24.6 Å². The number of oxazole rings is 1. The Kier molecular flexibility index (Phi) is 3.72. The Labute approximate surface area is 131 Å². The molecule has 0 radical (unpaired) electrons. The van der Waals surface area contributed by atoms with E-state index >= 15 is 0 Å². The molecule has 6 heteroatoms. The third kappa shape index (κ3) is 2.87. The van der Waals surface area contributed by atoms with E-state index < -0.39 is 4.92 Å². The van der Waals surface area contributed by atoms with Gasteiger partial charge in [-0.2, -0.15) is 0 Å². The first-order valence-electron chi connectivity index (χ1n) is 6.86. The summed E-state index contributed by atoms with van der Waals surface area (Å²) in [5.41, 5.74) is 2.72. The smallest absolute Gasteiger partial charge is 0.270 e. The molecule has 0 bridgehead atoms. The lowest BCUT2D eigenvalue weighted by Gasteiger charge is -2.05. The van der Waals surface area contributed by atoms with E-state index in [-0.39, 0.29) is 11.5 Å². The van der Waals surface area contributed by atoms with Gasteiger partial charge in [-0.25, -0.2) is 4.98 Å². The van der Waals surface area contributed by atoms with Crippen molar-refractivity contribution in [1.82, 2.24) is 4.98 Å². The average Bonchev–Trinajstić information content (AvgIpc) is 3.01. The van der Waals surface area contributed by atoms with Crippen LogP contribution >= 0.6 is 0 Å². The number of hydrogen-bond acceptors (Lipinski definition) is 5. The molecule has 2 aromatic carbocycles. The lowest BCUT2D eigenvalue weighted by atomic mass is 9.98. The number of para-hydroxylation sites is 1. The molecule has 3 aromatic rings. The van der Waals surface area contributed by atoms with Crippen LogP contribution in [0.25, 0.3) is 22.7 Å². The van der Waals surface area contributed by atoms with Crippen LogP contribution in [0.5, 0.6) is 0 Å². The minimum absolute atomic E-state index is 0.0282. The summed E-state index contributed by atoms with van der Waals surface area (Å²) in [5.74, 6) is -0.166. The Hall–Kier alpha value is -3.28. The molecule has 1 heterocycles. The second-order valence-corrected chi connectivity index (χ2v) is 4.97. The molecule has 0 spiro atoms. The second kappa shape index (κ2) is 5.84. The summed E-state index contributed by atoms with van der Waals surface area (Å²) in [6.07, 6.45) is 2.94. The number of nitrogens with zero attached hydrogens (tertiary/aromatic N) is 2. The summed E-state index contributed by atoms with van der Waals surface area (Å²) in [6.45, 7) is 1.44. The van der Waals surface area contributed by atoms with Crippen molar-refractivity contribution < 1.29 is 14.1 Å². The number of carbonyl (C=O) groups is 1. The summed E-state index contributed by atoms with van der Waals surface area (Å²) in [5, 5.41) is 10.9. The van der Waals surface area contributed by atoms with Crippen LogP contribution in [0, 0.1) is 10.1 Å². The number of carbonyl (C=O) groups excluding carboxylic acids is 1. The Balaban J connectivity index is 2.16. The monoisotopic (exact) mass is 308 g/mol. The second-order valence-electron chi connectivity index (χ2n) is 4.97. The number of ketones is 1. The number of allylic oxidation sites excluding steroid dienone is 1. The van der Waals surface area contributed by atoms with Crippen LogP contribution in [0.1, 0.15) is 18.1 Å². The van der Waals surface area contributed by atoms with Crippen LogP contribution in [-0.4, -0.2) is 15.7 Å². The molecule has 0 aliphatic rings. The molecule has 0 aliphatic carbocycles. The topological polar surface area (TPSA) is 86.2 Å². The van der Waals surface area contributed by atoms with Crippen LogP contribution in [-0.2, 0) is 4.79 Å². The zero-order chi connectivity index (χ0) is 16.4. The van der Waals surface area contributed by atoms with Crippen molar-refractivity contribution in [3.63, 3.8) is 0 Å². The van der Waals surface area contributed by atoms with Gasteiger partial charge in [0.15, 0.2) is 17.8 Å². The maximum atomic E-state index is 12.1. The molecular formula is C17H12N2O4. The standard InChI is InChI=1S/C17H12N2O4/c1-11(20)15(9-12-4-2-5-13(8-12)19(21)22)14-6-3-7-16-17(14)23-10-18-16/h2-10H,1H3/b15-9+. The lowest BCUT2D eigenvalue weighted by Crippen LogP contribution is -1.97. The van der Waals surface area contributed by atoms with Gasteiger partial charge in [0.25, 0.3) is 5.69 Å². The van der Waals surface area contributed by atoms with Gasteiger partial charge < -0.3 is 4.42 Å². The molecule has 3 rings (SSSR count). The van der Waals surface area contributed by atoms with Gasteiger partial charge in [-0.3, -0.25) is 14.9 Å². The van der Waals surface area contributed by atoms with E-state index in [2.05, 4.69) is 4.98 Å². The Morgan fingerprint density at radius 3 is 2.78 bits per heavy atom. The SMILES string of the molecule is CC(=O)/C(=C\c1cccc([N+](=O)[O-])c1)c1cccc2ncoc12. The van der Waals surface area contributed by atoms with Gasteiger partial charge in [0.1, 0.15) is 5.52 Å². The summed E-state index contributed by atoms with van der Waals surface area (Å²) < 4.78 is 5.37. The van der Waals surface area contributed by atoms with E-state index in [4.69, 9.17) is 4.42 Å². The maximum absolute atomic E-state index is 12.1. The van der Waals surface area contributed by atoms with Crippen molar-refractivity contribution in [3.8, 4) is 0 Å². The number of Topliss-reactive ketones (excluding diaryl/α,β-unsaturated/α-hetero) is 1. The van der Waals surface area contributed by atoms with E-state index in [1.165, 1.54) is 25.5 Å². The molecular weight excluding hydrogens is 296 g/mol. The zero-order valence-electron chi connectivity index (χ0n) is 12.2. The molecule has 0 saturated heterocycles. The van der Waals surface area contributed by atoms with Crippen LogP contribution in [0.15, 0.2) is 53.3 Å². The summed E-state index contributed by atoms with van der Waals surface area (Å²) >= 11 is 0. The maximum Gasteiger partial charge on any atom is 0.270 e. The number of non-ortho nitro benzene ring substituents is 1. The highest BCUT2D eigenvalue weighted by Gasteiger charge is 2.14. The molecule has 0 amide bonds. The molecule has 0 aliphatic heterocycles. The van der Waals surface area contributed by atoms with Crippen LogP contribution in [0.2, 0.25) is 0 Å². The molecule has 23 heavy (non-hydrogen) atoms. The fraction of sp³-hybridized carbons (Fsp3) is 0.0588. The van der Waals surface area contributed by atoms with Crippen LogP contribution in [0.4, 0.5) is 5.69 Å². The molecule has 1 aromatic heterocycles. The first kappa shape index (κ1) is 14.6. The molecule has 6 nitrogen and oxygen atoms in total. The fourth-order valence-corrected chi connectivity index (χ4v) is 2.36. The minimum atomic E-state index is -0.470. The molecule has 114 valence electrons. The van der Waals surface area contributed by atoms with E-state index in [0.29, 0.717) is 27.8 Å². The van der Waals surface area contributed by atoms with Crippen molar-refractivity contribution in [2.24, 2.45) is 0 Å². The summed E-state index contributed by atoms with van der Waals surface area (Å²) in [4.78, 5) is 26.5. The van der Waals surface area contributed by atoms with E-state index in [9.17, 15) is 14.9 Å². The number of nitro groups is 1. The molecule has 0 N–H and O–H groups in total. The van der Waals surface area contributed by atoms with E-state index in [1.807, 2.05) is 0 Å². The van der Waals surface area contributed by atoms with Crippen LogP contribution < -0.4 is 0 Å². The van der Waals surface area contributed by atoms with Crippen molar-refractivity contribution in [3.05, 3.63) is 70.1 Å². The number of nitro benzene ring substituents is 1. The first-order chi connectivity index (χ1) is 11.1. The largest absolute Gasteiger partial charge is 0.443 e. The van der Waals surface area contributed by atoms with Gasteiger partial charge in [0.05, 0.1) is 4.92 Å². The highest BCUT2D eigenvalue weighted by Crippen LogP contribution is 2.27. The Bertz CT molecular complexity index is 940. The zero-order valence-corrected chi connectivity index (χ0v) is 12.2. The van der Waals surface area contributed by atoms with Gasteiger partial charge in [-0.1, -0.05) is 24.3 Å². The first-order valence-corrected chi connectivity index (χ1v) is 6.86. The summed E-state index contributed by atoms with van der Waals surface area (Å²) in [6, 6.07) is 11.4. The summed E-state index contributed by atoms with van der Waals surface area (Å²) in [7, 11) is 0. The Morgan fingerprint density at radius 1 is 1.26 bits per heavy atom. The minimum Gasteiger partial charge on any atom is -0.443 e. The molecule has 0 unspecified atom stereocenters. The predicted octanol–water partition coefficient (Wildman–Crippen LogP) is 3.87. The van der Waals surface area contributed by atoms with Crippen molar-refractivity contribution in [2.45, 2.75) is 6.92 Å². The van der Waals surface area contributed by atoms with Crippen molar-refractivity contribution >= 4 is 34.2 Å². The van der Waals surface area contributed by atoms with Crippen LogP contribution in [0.3, 0.4) is 0 Å². The highest BCUT2D eigenvalue weighted by molar-refractivity contribution is 6.26. The molecule has 0 saturated carbocycles. The predicted molar refractivity (Wildman–Crippen MR) is 85.7 cm³/mol. The van der Waals surface area contributed by atoms with Crippen molar-refractivity contribution in [2.75, 3.05) is 0 Å². The van der Waals surface area contributed by atoms with E-state index in [0.717, 1.165) is 0 Å². The van der Waals surface area contributed by atoms with Gasteiger partial charge in [0.2, 0.25) is 0 Å². The number of aromatic nitrogens is 1. The molecule has 0 atom stereocenters. The average molecular weight is 308 g/mol. The quantitative estimate of drug-likeness (QED) is 0.316. The Morgan fingerprint density at radius 2 is 2.04 bits per heavy atom. The van der Waals surface area contributed by atoms with Gasteiger partial charge >= 0.3 is 0 Å². The third-order valence-electron chi connectivity index (χ3n) is 3.42. The van der Waals surface area contributed by atoms with Gasteiger partial charge in [-0.15, -0.1) is 0 Å². The number of rotatable bonds is 4. The number of fused-ring (bicyclic) bond motifs is 1. The normalized spacial score (nSPS) is 11.6. The number of hydrogen-bond donors (Lipinski definition) is 0. The highest BCUT2D eigenvalue weighted by atomic mass is 16.6. The molecule has 0 fully saturated rings. The van der Waals surface area contributed by atoms with E-state index in [1.54, 1.807) is 36.4 Å². The fourth-order valence-electron chi connectivity index (χ4n) is 2.36. The van der Waals surface area contributed by atoms with Gasteiger partial charge in [0, 0.05) is 23.3 Å². The lowest BCUT2D eigenvalue weighted by molar-refractivity contribution is -0.384. The van der Waals surface area contributed by atoms with Crippen molar-refractivity contribution in [1.29, 1.82) is 0 Å². The third-order valence-corrected chi connectivity index (χ3v) is 3.42. The number of benzene rings is 2.